The number of nitrogens with zero attached hydrogens (tertiary/aromatic N) is 1. The summed E-state index contributed by atoms with van der Waals surface area (Å²) in [4.78, 5) is 17.6. The van der Waals surface area contributed by atoms with Crippen molar-refractivity contribution in [2.24, 2.45) is 11.7 Å². The van der Waals surface area contributed by atoms with Crippen molar-refractivity contribution in [2.75, 3.05) is 27.3 Å². The van der Waals surface area contributed by atoms with Gasteiger partial charge in [-0.15, -0.1) is 11.3 Å². The molecule has 1 aromatic heterocycles. The molecule has 0 aliphatic carbocycles. The van der Waals surface area contributed by atoms with Gasteiger partial charge in [0, 0.05) is 10.9 Å². The van der Waals surface area contributed by atoms with Gasteiger partial charge in [0.15, 0.2) is 11.5 Å². The van der Waals surface area contributed by atoms with Gasteiger partial charge in [0.05, 0.1) is 33.2 Å². The molecule has 1 unspecified atom stereocenters. The Balaban J connectivity index is 1.71. The van der Waals surface area contributed by atoms with E-state index in [9.17, 15) is 4.79 Å². The summed E-state index contributed by atoms with van der Waals surface area (Å²) in [7, 11) is 3.25. The van der Waals surface area contributed by atoms with Crippen molar-refractivity contribution in [1.82, 2.24) is 4.98 Å². The number of ether oxygens (including phenoxy) is 2. The third kappa shape index (κ3) is 4.11. The van der Waals surface area contributed by atoms with Gasteiger partial charge in [0.1, 0.15) is 17.2 Å². The third-order valence-corrected chi connectivity index (χ3v) is 5.57. The summed E-state index contributed by atoms with van der Waals surface area (Å²) in [6.07, 6.45) is 1.95. The number of thiazole rings is 1. The normalized spacial score (nSPS) is 20.2. The molecular formula is C18H24N3O3S+. The number of amides is 1. The van der Waals surface area contributed by atoms with E-state index in [1.165, 1.54) is 4.90 Å². The minimum absolute atomic E-state index is 0.00675. The second-order valence-corrected chi connectivity index (χ2v) is 7.19. The van der Waals surface area contributed by atoms with Crippen LogP contribution in [0.1, 0.15) is 18.5 Å². The van der Waals surface area contributed by atoms with E-state index in [2.05, 4.69) is 5.38 Å². The van der Waals surface area contributed by atoms with Gasteiger partial charge >= 0.3 is 0 Å². The molecule has 134 valence electrons. The molecule has 1 aliphatic heterocycles. The van der Waals surface area contributed by atoms with Crippen molar-refractivity contribution in [3.05, 3.63) is 29.3 Å². The number of nitrogens with two attached hydrogens (primary N) is 1. The van der Waals surface area contributed by atoms with Crippen molar-refractivity contribution >= 4 is 17.2 Å². The topological polar surface area (TPSA) is 78.9 Å². The minimum atomic E-state index is -0.179. The van der Waals surface area contributed by atoms with Crippen LogP contribution in [0, 0.1) is 5.92 Å². The van der Waals surface area contributed by atoms with Crippen molar-refractivity contribution in [1.29, 1.82) is 0 Å². The lowest BCUT2D eigenvalue weighted by Crippen LogP contribution is -3.12. The Morgan fingerprint density at radius 2 is 2.16 bits per heavy atom. The quantitative estimate of drug-likeness (QED) is 0.807. The highest BCUT2D eigenvalue weighted by Crippen LogP contribution is 2.33. The molecule has 2 heterocycles. The summed E-state index contributed by atoms with van der Waals surface area (Å²) in [6.45, 7) is 2.69. The average molecular weight is 362 g/mol. The van der Waals surface area contributed by atoms with Gasteiger partial charge in [-0.3, -0.25) is 4.79 Å². The SMILES string of the molecule is COc1ccc(-c2nc(C[NH+]3CCC[C@H](C(N)=O)C3)cs2)cc1OC. The highest BCUT2D eigenvalue weighted by Gasteiger charge is 2.27. The van der Waals surface area contributed by atoms with Crippen molar-refractivity contribution in [2.45, 2.75) is 19.4 Å². The first-order valence-corrected chi connectivity index (χ1v) is 9.28. The van der Waals surface area contributed by atoms with Crippen LogP contribution in [0.25, 0.3) is 10.6 Å². The number of carbonyl (C=O) groups excluding carboxylic acids is 1. The van der Waals surface area contributed by atoms with Crippen molar-refractivity contribution in [3.63, 3.8) is 0 Å². The molecule has 7 heteroatoms. The number of methoxy groups -OCH3 is 2. The number of carbonyl (C=O) groups is 1. The zero-order valence-electron chi connectivity index (χ0n) is 14.6. The van der Waals surface area contributed by atoms with Crippen LogP contribution in [0.4, 0.5) is 0 Å². The molecule has 6 nitrogen and oxygen atoms in total. The zero-order chi connectivity index (χ0) is 17.8. The molecule has 0 saturated carbocycles. The number of hydrogen-bond donors (Lipinski definition) is 2. The van der Waals surface area contributed by atoms with Gasteiger partial charge in [0.2, 0.25) is 5.91 Å². The maximum atomic E-state index is 11.4. The molecule has 2 atom stereocenters. The fraction of sp³-hybridized carbons (Fsp3) is 0.444. The first kappa shape index (κ1) is 17.7. The van der Waals surface area contributed by atoms with E-state index in [0.29, 0.717) is 11.5 Å². The monoisotopic (exact) mass is 362 g/mol. The smallest absolute Gasteiger partial charge is 0.226 e. The van der Waals surface area contributed by atoms with E-state index >= 15 is 0 Å². The molecule has 3 N–H and O–H groups in total. The summed E-state index contributed by atoms with van der Waals surface area (Å²) < 4.78 is 10.6. The molecule has 1 amide bonds. The second kappa shape index (κ2) is 7.84. The highest BCUT2D eigenvalue weighted by atomic mass is 32.1. The maximum Gasteiger partial charge on any atom is 0.226 e. The van der Waals surface area contributed by atoms with Gasteiger partial charge in [-0.25, -0.2) is 4.98 Å². The number of primary amides is 1. The number of piperidine rings is 1. The Kier molecular flexibility index (Phi) is 5.55. The third-order valence-electron chi connectivity index (χ3n) is 4.63. The second-order valence-electron chi connectivity index (χ2n) is 6.34. The van der Waals surface area contributed by atoms with Gasteiger partial charge < -0.3 is 20.1 Å². The summed E-state index contributed by atoms with van der Waals surface area (Å²) in [5.41, 5.74) is 7.53. The molecule has 0 bridgehead atoms. The molecule has 0 spiro atoms. The lowest BCUT2D eigenvalue weighted by Gasteiger charge is -2.27. The Morgan fingerprint density at radius 1 is 1.36 bits per heavy atom. The Bertz CT molecular complexity index is 747. The lowest BCUT2D eigenvalue weighted by atomic mass is 9.97. The van der Waals surface area contributed by atoms with Crippen molar-refractivity contribution in [3.8, 4) is 22.1 Å². The number of aromatic nitrogens is 1. The fourth-order valence-electron chi connectivity index (χ4n) is 3.30. The largest absolute Gasteiger partial charge is 0.493 e. The molecule has 3 rings (SSSR count). The molecular weight excluding hydrogens is 338 g/mol. The van der Waals surface area contributed by atoms with E-state index in [0.717, 1.165) is 48.7 Å². The van der Waals surface area contributed by atoms with Crippen LogP contribution >= 0.6 is 11.3 Å². The van der Waals surface area contributed by atoms with Gasteiger partial charge in [0.25, 0.3) is 0 Å². The van der Waals surface area contributed by atoms with Crippen LogP contribution in [0.2, 0.25) is 0 Å². The van der Waals surface area contributed by atoms with Crippen LogP contribution in [0.3, 0.4) is 0 Å². The number of hydrogen-bond acceptors (Lipinski definition) is 5. The first-order chi connectivity index (χ1) is 12.1. The highest BCUT2D eigenvalue weighted by molar-refractivity contribution is 7.13. The summed E-state index contributed by atoms with van der Waals surface area (Å²) >= 11 is 1.62. The summed E-state index contributed by atoms with van der Waals surface area (Å²) in [5, 5.41) is 3.05. The standard InChI is InChI=1S/C18H23N3O3S/c1-23-15-6-5-12(8-16(15)24-2)18-20-14(11-25-18)10-21-7-3-4-13(9-21)17(19)22/h5-6,8,11,13H,3-4,7,9-10H2,1-2H3,(H2,19,22)/p+1/t13-/m0/s1. The van der Waals surface area contributed by atoms with Gasteiger partial charge in [-0.1, -0.05) is 0 Å². The number of likely N-dealkylation sites (tertiary alicyclic amines) is 1. The summed E-state index contributed by atoms with van der Waals surface area (Å²) in [6, 6.07) is 5.82. The number of nitrogens with one attached hydrogen (secondary N) is 1. The van der Waals surface area contributed by atoms with Crippen LogP contribution in [-0.2, 0) is 11.3 Å². The van der Waals surface area contributed by atoms with E-state index in [-0.39, 0.29) is 11.8 Å². The molecule has 0 radical (unpaired) electrons. The molecule has 2 aromatic rings. The van der Waals surface area contributed by atoms with Crippen LogP contribution in [-0.4, -0.2) is 38.2 Å². The molecule has 1 aromatic carbocycles. The Hall–Kier alpha value is -2.12. The van der Waals surface area contributed by atoms with Gasteiger partial charge in [-0.05, 0) is 31.0 Å². The molecule has 1 saturated heterocycles. The molecule has 1 fully saturated rings. The van der Waals surface area contributed by atoms with E-state index in [4.69, 9.17) is 20.2 Å². The Morgan fingerprint density at radius 3 is 2.88 bits per heavy atom. The predicted molar refractivity (Wildman–Crippen MR) is 97.0 cm³/mol. The van der Waals surface area contributed by atoms with Crippen LogP contribution in [0.5, 0.6) is 11.5 Å². The van der Waals surface area contributed by atoms with E-state index in [1.807, 2.05) is 18.2 Å². The Labute approximate surface area is 151 Å². The number of quaternary nitrogens is 1. The predicted octanol–water partition coefficient (Wildman–Crippen LogP) is 1.11. The van der Waals surface area contributed by atoms with Crippen LogP contribution < -0.4 is 20.1 Å². The zero-order valence-corrected chi connectivity index (χ0v) is 15.4. The average Bonchev–Trinajstić information content (AvgIpc) is 3.09. The minimum Gasteiger partial charge on any atom is -0.493 e. The molecule has 1 aliphatic rings. The number of benzene rings is 1. The van der Waals surface area contributed by atoms with Gasteiger partial charge in [-0.2, -0.15) is 0 Å². The van der Waals surface area contributed by atoms with E-state index < -0.39 is 0 Å². The summed E-state index contributed by atoms with van der Waals surface area (Å²) in [5.74, 6) is 1.22. The number of rotatable bonds is 6. The lowest BCUT2D eigenvalue weighted by molar-refractivity contribution is -0.921. The maximum absolute atomic E-state index is 11.4. The van der Waals surface area contributed by atoms with Crippen LogP contribution in [0.15, 0.2) is 23.6 Å². The first-order valence-electron chi connectivity index (χ1n) is 8.40. The van der Waals surface area contributed by atoms with E-state index in [1.54, 1.807) is 25.6 Å². The van der Waals surface area contributed by atoms with Crippen molar-refractivity contribution < 1.29 is 19.2 Å². The molecule has 25 heavy (non-hydrogen) atoms. The fourth-order valence-corrected chi connectivity index (χ4v) is 4.12.